The molecule has 0 radical (unpaired) electrons. The van der Waals surface area contributed by atoms with Gasteiger partial charge in [0, 0.05) is 24.7 Å². The summed E-state index contributed by atoms with van der Waals surface area (Å²) >= 11 is 2.95. The second-order valence-electron chi connectivity index (χ2n) is 3.96. The molecule has 0 fully saturated rings. The monoisotopic (exact) mass is 351 g/mol. The number of benzene rings is 1. The van der Waals surface area contributed by atoms with Crippen molar-refractivity contribution in [3.63, 3.8) is 0 Å². The summed E-state index contributed by atoms with van der Waals surface area (Å²) in [6.45, 7) is 1.69. The number of nitrogens with one attached hydrogen (secondary N) is 1. The van der Waals surface area contributed by atoms with Gasteiger partial charge < -0.3 is 14.8 Å². The van der Waals surface area contributed by atoms with Crippen molar-refractivity contribution in [3.8, 4) is 0 Å². The molecular weight excluding hydrogens is 336 g/mol. The molecule has 0 aliphatic carbocycles. The largest absolute Gasteiger partial charge is 0.382 e. The first-order valence-corrected chi connectivity index (χ1v) is 6.85. The Hall–Kier alpha value is -1.05. The lowest BCUT2D eigenvalue weighted by molar-refractivity contribution is 0.0688. The summed E-state index contributed by atoms with van der Waals surface area (Å²) in [5.41, 5.74) is -0.575. The molecule has 0 bridgehead atoms. The van der Waals surface area contributed by atoms with E-state index < -0.39 is 23.1 Å². The van der Waals surface area contributed by atoms with E-state index >= 15 is 0 Å². The van der Waals surface area contributed by atoms with Crippen molar-refractivity contribution in [2.24, 2.45) is 0 Å². The molecular formula is C13H16BrF2NO3. The Morgan fingerprint density at radius 2 is 1.90 bits per heavy atom. The number of carbonyl (C=O) groups is 1. The number of amides is 1. The molecule has 1 N–H and O–H groups in total. The summed E-state index contributed by atoms with van der Waals surface area (Å²) in [6.07, 6.45) is 0.551. The van der Waals surface area contributed by atoms with Crippen LogP contribution in [-0.2, 0) is 9.47 Å². The summed E-state index contributed by atoms with van der Waals surface area (Å²) in [5.74, 6) is -2.57. The highest BCUT2D eigenvalue weighted by Gasteiger charge is 2.17. The minimum absolute atomic E-state index is 0.246. The van der Waals surface area contributed by atoms with Crippen molar-refractivity contribution in [2.45, 2.75) is 6.42 Å². The summed E-state index contributed by atoms with van der Waals surface area (Å²) < 4.78 is 37.3. The van der Waals surface area contributed by atoms with E-state index in [1.54, 1.807) is 7.11 Å². The maximum absolute atomic E-state index is 13.5. The zero-order valence-electron chi connectivity index (χ0n) is 11.0. The SMILES string of the molecule is COCCOCCCNC(=O)c1c(F)cc(Br)cc1F. The molecule has 0 spiro atoms. The van der Waals surface area contributed by atoms with Crippen LogP contribution in [0.5, 0.6) is 0 Å². The predicted octanol–water partition coefficient (Wildman–Crippen LogP) is 2.51. The average Bonchev–Trinajstić information content (AvgIpc) is 2.36. The summed E-state index contributed by atoms with van der Waals surface area (Å²) in [7, 11) is 1.57. The van der Waals surface area contributed by atoms with Gasteiger partial charge in [-0.1, -0.05) is 15.9 Å². The van der Waals surface area contributed by atoms with E-state index in [-0.39, 0.29) is 11.0 Å². The maximum Gasteiger partial charge on any atom is 0.257 e. The zero-order valence-corrected chi connectivity index (χ0v) is 12.6. The van der Waals surface area contributed by atoms with Gasteiger partial charge in [-0.3, -0.25) is 4.79 Å². The smallest absolute Gasteiger partial charge is 0.257 e. The number of rotatable bonds is 8. The fourth-order valence-corrected chi connectivity index (χ4v) is 1.87. The number of methoxy groups -OCH3 is 1. The summed E-state index contributed by atoms with van der Waals surface area (Å²) in [5, 5.41) is 2.45. The van der Waals surface area contributed by atoms with Crippen molar-refractivity contribution in [1.82, 2.24) is 5.32 Å². The van der Waals surface area contributed by atoms with Crippen molar-refractivity contribution < 1.29 is 23.0 Å². The standard InChI is InChI=1S/C13H16BrF2NO3/c1-19-5-6-20-4-2-3-17-13(18)12-10(15)7-9(14)8-11(12)16/h7-8H,2-6H2,1H3,(H,17,18). The third kappa shape index (κ3) is 5.52. The molecule has 4 nitrogen and oxygen atoms in total. The first kappa shape index (κ1) is 17.0. The van der Waals surface area contributed by atoms with Crippen LogP contribution >= 0.6 is 15.9 Å². The minimum Gasteiger partial charge on any atom is -0.382 e. The molecule has 1 aromatic rings. The quantitative estimate of drug-likeness (QED) is 0.732. The van der Waals surface area contributed by atoms with Crippen LogP contribution in [0.1, 0.15) is 16.8 Å². The van der Waals surface area contributed by atoms with Gasteiger partial charge in [0.2, 0.25) is 0 Å². The van der Waals surface area contributed by atoms with Crippen LogP contribution < -0.4 is 5.32 Å². The van der Waals surface area contributed by atoms with Crippen LogP contribution in [0.4, 0.5) is 8.78 Å². The first-order chi connectivity index (χ1) is 9.56. The van der Waals surface area contributed by atoms with Crippen LogP contribution in [0.15, 0.2) is 16.6 Å². The topological polar surface area (TPSA) is 47.6 Å². The van der Waals surface area contributed by atoms with Crippen LogP contribution in [0.3, 0.4) is 0 Å². The van der Waals surface area contributed by atoms with E-state index in [9.17, 15) is 13.6 Å². The molecule has 0 aliphatic heterocycles. The second kappa shape index (κ2) is 8.99. The lowest BCUT2D eigenvalue weighted by Crippen LogP contribution is -2.27. The van der Waals surface area contributed by atoms with Gasteiger partial charge in [0.05, 0.1) is 13.2 Å². The highest BCUT2D eigenvalue weighted by molar-refractivity contribution is 9.10. The number of carbonyl (C=O) groups excluding carboxylic acids is 1. The molecule has 0 atom stereocenters. The van der Waals surface area contributed by atoms with Crippen LogP contribution in [0.25, 0.3) is 0 Å². The van der Waals surface area contributed by atoms with Crippen LogP contribution in [0.2, 0.25) is 0 Å². The highest BCUT2D eigenvalue weighted by atomic mass is 79.9. The van der Waals surface area contributed by atoms with E-state index in [4.69, 9.17) is 9.47 Å². The van der Waals surface area contributed by atoms with Gasteiger partial charge in [0.15, 0.2) is 0 Å². The van der Waals surface area contributed by atoms with Crippen molar-refractivity contribution in [2.75, 3.05) is 33.5 Å². The zero-order chi connectivity index (χ0) is 15.0. The molecule has 7 heteroatoms. The van der Waals surface area contributed by atoms with Crippen molar-refractivity contribution in [3.05, 3.63) is 33.8 Å². The van der Waals surface area contributed by atoms with Gasteiger partial charge in [0.1, 0.15) is 17.2 Å². The Balaban J connectivity index is 2.37. The third-order valence-electron chi connectivity index (χ3n) is 2.42. The van der Waals surface area contributed by atoms with Crippen molar-refractivity contribution >= 4 is 21.8 Å². The molecule has 1 aromatic carbocycles. The van der Waals surface area contributed by atoms with Gasteiger partial charge in [-0.05, 0) is 18.6 Å². The van der Waals surface area contributed by atoms with Gasteiger partial charge in [0.25, 0.3) is 5.91 Å². The Morgan fingerprint density at radius 1 is 1.25 bits per heavy atom. The van der Waals surface area contributed by atoms with E-state index in [1.165, 1.54) is 0 Å². The van der Waals surface area contributed by atoms with E-state index in [1.807, 2.05) is 0 Å². The fraction of sp³-hybridized carbons (Fsp3) is 0.462. The number of hydrogen-bond acceptors (Lipinski definition) is 3. The molecule has 0 unspecified atom stereocenters. The Bertz CT molecular complexity index is 434. The minimum atomic E-state index is -0.897. The predicted molar refractivity (Wildman–Crippen MR) is 73.7 cm³/mol. The molecule has 112 valence electrons. The van der Waals surface area contributed by atoms with Crippen molar-refractivity contribution in [1.29, 1.82) is 0 Å². The number of halogens is 3. The third-order valence-corrected chi connectivity index (χ3v) is 2.87. The molecule has 1 rings (SSSR count). The van der Waals surface area contributed by atoms with Crippen LogP contribution in [-0.4, -0.2) is 39.4 Å². The Labute approximate surface area is 124 Å². The van der Waals surface area contributed by atoms with Gasteiger partial charge in [-0.15, -0.1) is 0 Å². The molecule has 20 heavy (non-hydrogen) atoms. The Morgan fingerprint density at radius 3 is 2.50 bits per heavy atom. The number of hydrogen-bond donors (Lipinski definition) is 1. The molecule has 0 aromatic heterocycles. The fourth-order valence-electron chi connectivity index (χ4n) is 1.47. The van der Waals surface area contributed by atoms with E-state index in [0.29, 0.717) is 26.2 Å². The van der Waals surface area contributed by atoms with Gasteiger partial charge in [-0.25, -0.2) is 8.78 Å². The molecule has 0 heterocycles. The molecule has 1 amide bonds. The summed E-state index contributed by atoms with van der Waals surface area (Å²) in [6, 6.07) is 2.09. The van der Waals surface area contributed by atoms with E-state index in [2.05, 4.69) is 21.2 Å². The average molecular weight is 352 g/mol. The Kier molecular flexibility index (Phi) is 7.64. The first-order valence-electron chi connectivity index (χ1n) is 6.05. The maximum atomic E-state index is 13.5. The second-order valence-corrected chi connectivity index (χ2v) is 4.87. The molecule has 0 saturated carbocycles. The normalized spacial score (nSPS) is 10.6. The van der Waals surface area contributed by atoms with Crippen LogP contribution in [0, 0.1) is 11.6 Å². The van der Waals surface area contributed by atoms with Gasteiger partial charge >= 0.3 is 0 Å². The summed E-state index contributed by atoms with van der Waals surface area (Å²) in [4.78, 5) is 11.7. The number of ether oxygens (including phenoxy) is 2. The van der Waals surface area contributed by atoms with Gasteiger partial charge in [-0.2, -0.15) is 0 Å². The highest BCUT2D eigenvalue weighted by Crippen LogP contribution is 2.19. The lowest BCUT2D eigenvalue weighted by atomic mass is 10.2. The van der Waals surface area contributed by atoms with E-state index in [0.717, 1.165) is 12.1 Å². The lowest BCUT2D eigenvalue weighted by Gasteiger charge is -2.08. The molecule has 0 aliphatic rings. The molecule has 0 saturated heterocycles.